The van der Waals surface area contributed by atoms with Crippen LogP contribution >= 0.6 is 0 Å². The Hall–Kier alpha value is -3.07. The zero-order valence-corrected chi connectivity index (χ0v) is 15.0. The third-order valence-corrected chi connectivity index (χ3v) is 3.90. The third-order valence-electron chi connectivity index (χ3n) is 3.90. The van der Waals surface area contributed by atoms with Gasteiger partial charge in [0, 0.05) is 24.5 Å². The minimum atomic E-state index is -0.154. The molecule has 0 saturated carbocycles. The summed E-state index contributed by atoms with van der Waals surface area (Å²) in [6.45, 7) is 7.01. The smallest absolute Gasteiger partial charge is 0.240 e. The molecule has 0 aliphatic rings. The fourth-order valence-corrected chi connectivity index (χ4v) is 2.59. The summed E-state index contributed by atoms with van der Waals surface area (Å²) in [6.07, 6.45) is 3.34. The largest absolute Gasteiger partial charge is 0.338 e. The Morgan fingerprint density at radius 2 is 2.19 bits per heavy atom. The Bertz CT molecular complexity index is 886. The van der Waals surface area contributed by atoms with Crippen LogP contribution in [0.15, 0.2) is 29.0 Å². The van der Waals surface area contributed by atoms with Crippen molar-refractivity contribution in [2.75, 3.05) is 11.9 Å². The molecule has 9 heteroatoms. The van der Waals surface area contributed by atoms with Crippen LogP contribution in [0, 0.1) is 13.8 Å². The van der Waals surface area contributed by atoms with E-state index in [-0.39, 0.29) is 12.5 Å². The third kappa shape index (κ3) is 3.94. The van der Waals surface area contributed by atoms with E-state index in [1.54, 1.807) is 18.5 Å². The summed E-state index contributed by atoms with van der Waals surface area (Å²) < 4.78 is 7.04. The minimum Gasteiger partial charge on any atom is -0.338 e. The van der Waals surface area contributed by atoms with Gasteiger partial charge in [0.2, 0.25) is 17.6 Å². The Labute approximate surface area is 150 Å². The maximum atomic E-state index is 12.1. The number of hydrogen-bond donors (Lipinski definition) is 2. The molecule has 0 atom stereocenters. The van der Waals surface area contributed by atoms with E-state index in [2.05, 4.69) is 30.9 Å². The summed E-state index contributed by atoms with van der Waals surface area (Å²) >= 11 is 0. The van der Waals surface area contributed by atoms with Gasteiger partial charge in [-0.1, -0.05) is 5.16 Å². The molecule has 0 fully saturated rings. The van der Waals surface area contributed by atoms with E-state index in [1.165, 1.54) is 0 Å². The van der Waals surface area contributed by atoms with Crippen molar-refractivity contribution in [3.05, 3.63) is 41.8 Å². The molecule has 3 rings (SSSR count). The fraction of sp³-hybridized carbons (Fsp3) is 0.353. The summed E-state index contributed by atoms with van der Waals surface area (Å²) in [4.78, 5) is 20.4. The highest BCUT2D eigenvalue weighted by Crippen LogP contribution is 2.19. The van der Waals surface area contributed by atoms with Crippen LogP contribution in [0.3, 0.4) is 0 Å². The molecule has 3 aromatic rings. The van der Waals surface area contributed by atoms with Crippen LogP contribution in [-0.2, 0) is 17.9 Å². The van der Waals surface area contributed by atoms with Gasteiger partial charge in [-0.2, -0.15) is 10.1 Å². The van der Waals surface area contributed by atoms with Crippen LogP contribution in [0.1, 0.15) is 24.2 Å². The monoisotopic (exact) mass is 355 g/mol. The first kappa shape index (κ1) is 17.7. The summed E-state index contributed by atoms with van der Waals surface area (Å²) in [6, 6.07) is 3.66. The molecule has 0 radical (unpaired) electrons. The van der Waals surface area contributed by atoms with Crippen molar-refractivity contribution in [2.24, 2.45) is 0 Å². The normalized spacial score (nSPS) is 10.9. The predicted octanol–water partition coefficient (Wildman–Crippen LogP) is 1.69. The average molecular weight is 355 g/mol. The number of anilines is 1. The Kier molecular flexibility index (Phi) is 5.37. The van der Waals surface area contributed by atoms with Crippen molar-refractivity contribution >= 4 is 11.6 Å². The van der Waals surface area contributed by atoms with Crippen LogP contribution in [-0.4, -0.2) is 37.4 Å². The Morgan fingerprint density at radius 1 is 1.35 bits per heavy atom. The lowest BCUT2D eigenvalue weighted by Crippen LogP contribution is -2.28. The Morgan fingerprint density at radius 3 is 2.88 bits per heavy atom. The molecule has 0 saturated heterocycles. The van der Waals surface area contributed by atoms with Gasteiger partial charge < -0.3 is 9.84 Å². The van der Waals surface area contributed by atoms with Gasteiger partial charge >= 0.3 is 0 Å². The predicted molar refractivity (Wildman–Crippen MR) is 95.2 cm³/mol. The SMILES string of the molecule is CCn1nc(C)c(NC(=O)CNCc2nc(-c3cccnc3)no2)c1C. The number of nitrogens with zero attached hydrogens (tertiary/aromatic N) is 5. The second-order valence-electron chi connectivity index (χ2n) is 5.77. The molecule has 3 heterocycles. The molecule has 0 aromatic carbocycles. The van der Waals surface area contributed by atoms with Gasteiger partial charge in [0.1, 0.15) is 0 Å². The van der Waals surface area contributed by atoms with E-state index in [0.29, 0.717) is 18.3 Å². The average Bonchev–Trinajstić information content (AvgIpc) is 3.22. The molecular formula is C17H21N7O2. The van der Waals surface area contributed by atoms with E-state index < -0.39 is 0 Å². The molecule has 0 aliphatic carbocycles. The highest BCUT2D eigenvalue weighted by Gasteiger charge is 2.14. The maximum absolute atomic E-state index is 12.1. The van der Waals surface area contributed by atoms with Crippen molar-refractivity contribution in [2.45, 2.75) is 33.9 Å². The standard InChI is InChI=1S/C17H21N7O2/c1-4-24-12(3)16(11(2)22-24)20-14(25)9-19-10-15-21-17(23-26-15)13-6-5-7-18-8-13/h5-8,19H,4,9-10H2,1-3H3,(H,20,25). The van der Waals surface area contributed by atoms with Gasteiger partial charge in [-0.25, -0.2) is 0 Å². The second-order valence-corrected chi connectivity index (χ2v) is 5.77. The van der Waals surface area contributed by atoms with E-state index in [9.17, 15) is 4.79 Å². The first-order valence-electron chi connectivity index (χ1n) is 8.36. The van der Waals surface area contributed by atoms with Crippen LogP contribution < -0.4 is 10.6 Å². The van der Waals surface area contributed by atoms with E-state index >= 15 is 0 Å². The van der Waals surface area contributed by atoms with Crippen LogP contribution in [0.25, 0.3) is 11.4 Å². The number of carbonyl (C=O) groups excluding carboxylic acids is 1. The van der Waals surface area contributed by atoms with Gasteiger partial charge in [0.25, 0.3) is 0 Å². The molecule has 0 spiro atoms. The first-order chi connectivity index (χ1) is 12.6. The number of carbonyl (C=O) groups is 1. The Balaban J connectivity index is 1.52. The second kappa shape index (κ2) is 7.87. The van der Waals surface area contributed by atoms with Crippen LogP contribution in [0.4, 0.5) is 5.69 Å². The van der Waals surface area contributed by atoms with Gasteiger partial charge in [-0.3, -0.25) is 19.8 Å². The van der Waals surface area contributed by atoms with Gasteiger partial charge in [-0.05, 0) is 32.9 Å². The minimum absolute atomic E-state index is 0.126. The zero-order valence-electron chi connectivity index (χ0n) is 15.0. The number of aromatic nitrogens is 5. The number of pyridine rings is 1. The van der Waals surface area contributed by atoms with Crippen molar-refractivity contribution < 1.29 is 9.32 Å². The summed E-state index contributed by atoms with van der Waals surface area (Å²) in [5.41, 5.74) is 3.28. The van der Waals surface area contributed by atoms with Gasteiger partial charge in [-0.15, -0.1) is 0 Å². The molecule has 26 heavy (non-hydrogen) atoms. The van der Waals surface area contributed by atoms with Crippen LogP contribution in [0.5, 0.6) is 0 Å². The summed E-state index contributed by atoms with van der Waals surface area (Å²) in [5.74, 6) is 0.722. The lowest BCUT2D eigenvalue weighted by molar-refractivity contribution is -0.115. The molecule has 136 valence electrons. The van der Waals surface area contributed by atoms with Crippen molar-refractivity contribution in [3.63, 3.8) is 0 Å². The highest BCUT2D eigenvalue weighted by atomic mass is 16.5. The molecule has 0 unspecified atom stereocenters. The topological polar surface area (TPSA) is 111 Å². The van der Waals surface area contributed by atoms with E-state index in [0.717, 1.165) is 29.2 Å². The summed E-state index contributed by atoms with van der Waals surface area (Å²) in [5, 5.41) is 14.2. The van der Waals surface area contributed by atoms with Crippen LogP contribution in [0.2, 0.25) is 0 Å². The quantitative estimate of drug-likeness (QED) is 0.663. The molecule has 2 N–H and O–H groups in total. The molecule has 1 amide bonds. The highest BCUT2D eigenvalue weighted by molar-refractivity contribution is 5.93. The zero-order chi connectivity index (χ0) is 18.5. The fourth-order valence-electron chi connectivity index (χ4n) is 2.59. The molecule has 9 nitrogen and oxygen atoms in total. The molecule has 3 aromatic heterocycles. The molecular weight excluding hydrogens is 334 g/mol. The first-order valence-corrected chi connectivity index (χ1v) is 8.36. The molecule has 0 aliphatic heterocycles. The number of hydrogen-bond acceptors (Lipinski definition) is 7. The van der Waals surface area contributed by atoms with Crippen molar-refractivity contribution in [3.8, 4) is 11.4 Å². The van der Waals surface area contributed by atoms with E-state index in [4.69, 9.17) is 4.52 Å². The number of aryl methyl sites for hydroxylation is 2. The lowest BCUT2D eigenvalue weighted by atomic mass is 10.3. The number of nitrogens with one attached hydrogen (secondary N) is 2. The number of amides is 1. The van der Waals surface area contributed by atoms with Gasteiger partial charge in [0.15, 0.2) is 0 Å². The van der Waals surface area contributed by atoms with Crippen molar-refractivity contribution in [1.82, 2.24) is 30.2 Å². The number of rotatable bonds is 7. The molecule has 0 bridgehead atoms. The summed E-state index contributed by atoms with van der Waals surface area (Å²) in [7, 11) is 0. The van der Waals surface area contributed by atoms with E-state index in [1.807, 2.05) is 31.5 Å². The van der Waals surface area contributed by atoms with Gasteiger partial charge in [0.05, 0.1) is 30.2 Å². The van der Waals surface area contributed by atoms with Crippen molar-refractivity contribution in [1.29, 1.82) is 0 Å². The lowest BCUT2D eigenvalue weighted by Gasteiger charge is -2.06. The maximum Gasteiger partial charge on any atom is 0.240 e.